The van der Waals surface area contributed by atoms with E-state index in [0.717, 1.165) is 11.1 Å². The van der Waals surface area contributed by atoms with Crippen molar-refractivity contribution in [3.8, 4) is 0 Å². The molecule has 0 fully saturated rings. The molecule has 1 N–H and O–H groups in total. The second kappa shape index (κ2) is 5.93. The molecule has 0 saturated carbocycles. The Bertz CT molecular complexity index is 546. The van der Waals surface area contributed by atoms with Crippen molar-refractivity contribution in [2.24, 2.45) is 0 Å². The maximum Gasteiger partial charge on any atom is 0.130 e. The fourth-order valence-corrected chi connectivity index (χ4v) is 2.10. The predicted molar refractivity (Wildman–Crippen MR) is 72.8 cm³/mol. The van der Waals surface area contributed by atoms with Crippen molar-refractivity contribution in [3.05, 3.63) is 70.8 Å². The summed E-state index contributed by atoms with van der Waals surface area (Å²) < 4.78 is 27.3. The van der Waals surface area contributed by atoms with Gasteiger partial charge in [-0.3, -0.25) is 0 Å². The first-order chi connectivity index (χ1) is 9.09. The van der Waals surface area contributed by atoms with Crippen LogP contribution in [0.2, 0.25) is 0 Å². The lowest BCUT2D eigenvalue weighted by Crippen LogP contribution is -2.20. The number of rotatable bonds is 4. The average molecular weight is 261 g/mol. The van der Waals surface area contributed by atoms with Gasteiger partial charge in [0.05, 0.1) is 0 Å². The molecule has 0 aliphatic heterocycles. The Morgan fingerprint density at radius 2 is 1.63 bits per heavy atom. The van der Waals surface area contributed by atoms with Crippen LogP contribution in [0.15, 0.2) is 42.5 Å². The van der Waals surface area contributed by atoms with Gasteiger partial charge < -0.3 is 5.32 Å². The highest BCUT2D eigenvalue weighted by Crippen LogP contribution is 2.20. The molecule has 2 aromatic carbocycles. The summed E-state index contributed by atoms with van der Waals surface area (Å²) in [6, 6.07) is 11.5. The number of aryl methyl sites for hydroxylation is 1. The molecule has 0 aliphatic rings. The molecule has 2 aromatic rings. The topological polar surface area (TPSA) is 12.0 Å². The molecule has 2 rings (SSSR count). The number of benzene rings is 2. The lowest BCUT2D eigenvalue weighted by molar-refractivity contribution is 0.487. The highest BCUT2D eigenvalue weighted by Gasteiger charge is 2.15. The first-order valence-electron chi connectivity index (χ1n) is 6.31. The van der Waals surface area contributed by atoms with Gasteiger partial charge in [0.2, 0.25) is 0 Å². The molecule has 0 aliphatic carbocycles. The molecule has 0 radical (unpaired) electrons. The molecular weight excluding hydrogens is 244 g/mol. The van der Waals surface area contributed by atoms with E-state index in [0.29, 0.717) is 6.54 Å². The third kappa shape index (κ3) is 3.18. The van der Waals surface area contributed by atoms with Crippen LogP contribution in [-0.4, -0.2) is 0 Å². The number of hydrogen-bond acceptors (Lipinski definition) is 1. The minimum Gasteiger partial charge on any atom is -0.306 e. The number of halogens is 2. The van der Waals surface area contributed by atoms with Crippen LogP contribution in [0.25, 0.3) is 0 Å². The highest BCUT2D eigenvalue weighted by atomic mass is 19.1. The van der Waals surface area contributed by atoms with Gasteiger partial charge in [-0.25, -0.2) is 8.78 Å². The van der Waals surface area contributed by atoms with Gasteiger partial charge in [0.1, 0.15) is 11.6 Å². The normalized spacial score (nSPS) is 12.4. The average Bonchev–Trinajstić information content (AvgIpc) is 2.37. The molecule has 1 unspecified atom stereocenters. The van der Waals surface area contributed by atoms with E-state index in [4.69, 9.17) is 0 Å². The lowest BCUT2D eigenvalue weighted by Gasteiger charge is -2.16. The van der Waals surface area contributed by atoms with Crippen LogP contribution < -0.4 is 5.32 Å². The Hall–Kier alpha value is -1.74. The van der Waals surface area contributed by atoms with E-state index in [1.165, 1.54) is 18.2 Å². The number of nitrogens with one attached hydrogen (secondary N) is 1. The van der Waals surface area contributed by atoms with Crippen LogP contribution in [0.3, 0.4) is 0 Å². The molecule has 100 valence electrons. The van der Waals surface area contributed by atoms with Gasteiger partial charge in [-0.15, -0.1) is 0 Å². The van der Waals surface area contributed by atoms with Crippen molar-refractivity contribution in [2.75, 3.05) is 0 Å². The summed E-state index contributed by atoms with van der Waals surface area (Å²) in [6.07, 6.45) is 0. The van der Waals surface area contributed by atoms with Gasteiger partial charge >= 0.3 is 0 Å². The van der Waals surface area contributed by atoms with E-state index in [2.05, 4.69) is 5.32 Å². The van der Waals surface area contributed by atoms with Crippen LogP contribution >= 0.6 is 0 Å². The van der Waals surface area contributed by atoms with Gasteiger partial charge in [0, 0.05) is 18.2 Å². The minimum absolute atomic E-state index is 0.0936. The zero-order valence-electron chi connectivity index (χ0n) is 11.1. The molecule has 0 aromatic heterocycles. The smallest absolute Gasteiger partial charge is 0.130 e. The van der Waals surface area contributed by atoms with Crippen molar-refractivity contribution in [1.82, 2.24) is 5.32 Å². The zero-order valence-corrected chi connectivity index (χ0v) is 11.1. The molecule has 0 heterocycles. The fraction of sp³-hybridized carbons (Fsp3) is 0.250. The second-order valence-electron chi connectivity index (χ2n) is 4.66. The summed E-state index contributed by atoms with van der Waals surface area (Å²) in [5.74, 6) is -1.02. The molecular formula is C16H17F2N. The standard InChI is InChI=1S/C16H17F2N/c1-11-6-3-4-7-13(11)10-19-12(2)16-14(17)8-5-9-15(16)18/h3-9,12,19H,10H2,1-2H3. The quantitative estimate of drug-likeness (QED) is 0.872. The van der Waals surface area contributed by atoms with E-state index in [1.807, 2.05) is 31.2 Å². The maximum absolute atomic E-state index is 13.6. The molecule has 3 heteroatoms. The summed E-state index contributed by atoms with van der Waals surface area (Å²) in [4.78, 5) is 0. The molecule has 0 spiro atoms. The summed E-state index contributed by atoms with van der Waals surface area (Å²) in [5.41, 5.74) is 2.39. The van der Waals surface area contributed by atoms with Crippen molar-refractivity contribution >= 4 is 0 Å². The van der Waals surface area contributed by atoms with Gasteiger partial charge in [0.15, 0.2) is 0 Å². The maximum atomic E-state index is 13.6. The molecule has 1 nitrogen and oxygen atoms in total. The molecule has 0 amide bonds. The van der Waals surface area contributed by atoms with E-state index in [9.17, 15) is 8.78 Å². The van der Waals surface area contributed by atoms with Gasteiger partial charge in [-0.1, -0.05) is 30.3 Å². The predicted octanol–water partition coefficient (Wildman–Crippen LogP) is 4.12. The molecule has 1 atom stereocenters. The molecule has 0 bridgehead atoms. The zero-order chi connectivity index (χ0) is 13.8. The minimum atomic E-state index is -0.509. The summed E-state index contributed by atoms with van der Waals surface area (Å²) >= 11 is 0. The van der Waals surface area contributed by atoms with E-state index >= 15 is 0 Å². The highest BCUT2D eigenvalue weighted by molar-refractivity contribution is 5.26. The molecule has 0 saturated heterocycles. The van der Waals surface area contributed by atoms with Gasteiger partial charge in [-0.05, 0) is 37.1 Å². The van der Waals surface area contributed by atoms with Gasteiger partial charge in [0.25, 0.3) is 0 Å². The Morgan fingerprint density at radius 3 is 2.26 bits per heavy atom. The lowest BCUT2D eigenvalue weighted by atomic mass is 10.1. The first kappa shape index (κ1) is 13.7. The number of hydrogen-bond donors (Lipinski definition) is 1. The summed E-state index contributed by atoms with van der Waals surface area (Å²) in [5, 5.41) is 3.16. The van der Waals surface area contributed by atoms with Crippen LogP contribution in [0.5, 0.6) is 0 Å². The van der Waals surface area contributed by atoms with Crippen LogP contribution in [-0.2, 0) is 6.54 Å². The SMILES string of the molecule is Cc1ccccc1CNC(C)c1c(F)cccc1F. The Balaban J connectivity index is 2.10. The van der Waals surface area contributed by atoms with E-state index in [-0.39, 0.29) is 11.6 Å². The van der Waals surface area contributed by atoms with Crippen LogP contribution in [0.4, 0.5) is 8.78 Å². The Labute approximate surface area is 112 Å². The summed E-state index contributed by atoms with van der Waals surface area (Å²) in [7, 11) is 0. The second-order valence-corrected chi connectivity index (χ2v) is 4.66. The van der Waals surface area contributed by atoms with Crippen molar-refractivity contribution < 1.29 is 8.78 Å². The summed E-state index contributed by atoms with van der Waals surface area (Å²) in [6.45, 7) is 4.37. The third-order valence-corrected chi connectivity index (χ3v) is 3.29. The van der Waals surface area contributed by atoms with E-state index in [1.54, 1.807) is 6.92 Å². The van der Waals surface area contributed by atoms with Crippen molar-refractivity contribution in [2.45, 2.75) is 26.4 Å². The van der Waals surface area contributed by atoms with Crippen LogP contribution in [0.1, 0.15) is 29.7 Å². The largest absolute Gasteiger partial charge is 0.306 e. The van der Waals surface area contributed by atoms with Crippen molar-refractivity contribution in [3.63, 3.8) is 0 Å². The van der Waals surface area contributed by atoms with E-state index < -0.39 is 11.6 Å². The third-order valence-electron chi connectivity index (χ3n) is 3.29. The fourth-order valence-electron chi connectivity index (χ4n) is 2.10. The monoisotopic (exact) mass is 261 g/mol. The van der Waals surface area contributed by atoms with Crippen LogP contribution in [0, 0.1) is 18.6 Å². The first-order valence-corrected chi connectivity index (χ1v) is 6.31. The Morgan fingerprint density at radius 1 is 1.00 bits per heavy atom. The molecule has 19 heavy (non-hydrogen) atoms. The van der Waals surface area contributed by atoms with Crippen molar-refractivity contribution in [1.29, 1.82) is 0 Å². The Kier molecular flexibility index (Phi) is 4.27. The van der Waals surface area contributed by atoms with Gasteiger partial charge in [-0.2, -0.15) is 0 Å².